The van der Waals surface area contributed by atoms with Gasteiger partial charge in [-0.25, -0.2) is 4.98 Å². The molecule has 160 valence electrons. The monoisotopic (exact) mass is 548 g/mol. The number of hydrogen-bond acceptors (Lipinski definition) is 5. The molecule has 0 spiro atoms. The maximum absolute atomic E-state index is 6.55. The molecule has 1 aliphatic heterocycles. The lowest BCUT2D eigenvalue weighted by atomic mass is 10.1. The number of piperazine rings is 1. The zero-order chi connectivity index (χ0) is 19.9. The Hall–Kier alpha value is -1.10. The van der Waals surface area contributed by atoms with Crippen LogP contribution in [0, 0.1) is 6.92 Å². The van der Waals surface area contributed by atoms with Gasteiger partial charge in [0.25, 0.3) is 0 Å². The summed E-state index contributed by atoms with van der Waals surface area (Å²) in [4.78, 5) is 13.6. The summed E-state index contributed by atoms with van der Waals surface area (Å²) in [7, 11) is 3.96. The van der Waals surface area contributed by atoms with Crippen molar-refractivity contribution in [3.05, 3.63) is 44.9 Å². The first-order chi connectivity index (χ1) is 13.6. The van der Waals surface area contributed by atoms with Gasteiger partial charge in [0.1, 0.15) is 0 Å². The Morgan fingerprint density at radius 1 is 1.24 bits per heavy atom. The quantitative estimate of drug-likeness (QED) is 0.329. The summed E-state index contributed by atoms with van der Waals surface area (Å²) < 4.78 is 0. The van der Waals surface area contributed by atoms with E-state index in [1.165, 1.54) is 5.69 Å². The van der Waals surface area contributed by atoms with Crippen LogP contribution in [0.2, 0.25) is 5.02 Å². The highest BCUT2D eigenvalue weighted by Crippen LogP contribution is 2.28. The molecule has 1 saturated heterocycles. The van der Waals surface area contributed by atoms with Crippen molar-refractivity contribution in [3.63, 3.8) is 0 Å². The van der Waals surface area contributed by atoms with E-state index >= 15 is 0 Å². The molecule has 0 radical (unpaired) electrons. The average Bonchev–Trinajstić information content (AvgIpc) is 3.11. The number of rotatable bonds is 6. The van der Waals surface area contributed by atoms with Crippen molar-refractivity contribution in [3.8, 4) is 0 Å². The van der Waals surface area contributed by atoms with Crippen LogP contribution in [0.5, 0.6) is 0 Å². The smallest absolute Gasteiger partial charge is 0.191 e. The first-order valence-electron chi connectivity index (χ1n) is 9.63. The van der Waals surface area contributed by atoms with Gasteiger partial charge in [-0.15, -0.1) is 35.3 Å². The number of halogens is 2. The second-order valence-electron chi connectivity index (χ2n) is 6.99. The topological polar surface area (TPSA) is 55.8 Å². The number of aliphatic imine (C=N–C) groups is 1. The van der Waals surface area contributed by atoms with Crippen LogP contribution >= 0.6 is 46.9 Å². The number of aromatic nitrogens is 1. The first kappa shape index (κ1) is 24.2. The molecule has 0 saturated carbocycles. The average molecular weight is 549 g/mol. The second kappa shape index (κ2) is 11.9. The van der Waals surface area contributed by atoms with Crippen LogP contribution in [0.25, 0.3) is 0 Å². The van der Waals surface area contributed by atoms with E-state index in [1.807, 2.05) is 19.1 Å². The molecule has 1 aliphatic rings. The molecule has 0 bridgehead atoms. The Labute approximate surface area is 199 Å². The van der Waals surface area contributed by atoms with E-state index in [0.29, 0.717) is 6.54 Å². The third-order valence-corrected chi connectivity index (χ3v) is 6.11. The van der Waals surface area contributed by atoms with E-state index in [4.69, 9.17) is 11.6 Å². The van der Waals surface area contributed by atoms with Crippen molar-refractivity contribution < 1.29 is 0 Å². The van der Waals surface area contributed by atoms with Gasteiger partial charge < -0.3 is 20.4 Å². The number of hydrogen-bond donors (Lipinski definition) is 2. The summed E-state index contributed by atoms with van der Waals surface area (Å²) in [5.74, 6) is 0.774. The molecule has 0 atom stereocenters. The molecule has 1 aromatic heterocycles. The molecule has 0 aliphatic carbocycles. The van der Waals surface area contributed by atoms with Crippen LogP contribution in [0.15, 0.2) is 28.6 Å². The lowest BCUT2D eigenvalue weighted by Gasteiger charge is -2.35. The molecule has 3 rings (SSSR count). The number of aryl methyl sites for hydroxylation is 1. The van der Waals surface area contributed by atoms with Gasteiger partial charge in [0.15, 0.2) is 5.96 Å². The number of anilines is 1. The zero-order valence-corrected chi connectivity index (χ0v) is 21.1. The third-order valence-electron chi connectivity index (χ3n) is 4.93. The lowest BCUT2D eigenvalue weighted by Crippen LogP contribution is -2.45. The summed E-state index contributed by atoms with van der Waals surface area (Å²) in [5, 5.41) is 10.8. The molecular weight excluding hydrogens is 519 g/mol. The summed E-state index contributed by atoms with van der Waals surface area (Å²) in [6.07, 6.45) is 0.879. The summed E-state index contributed by atoms with van der Waals surface area (Å²) in [6.45, 7) is 7.63. The fourth-order valence-corrected chi connectivity index (χ4v) is 4.17. The fraction of sp³-hybridized carbons (Fsp3) is 0.500. The van der Waals surface area contributed by atoms with Crippen molar-refractivity contribution in [1.82, 2.24) is 20.5 Å². The van der Waals surface area contributed by atoms with Gasteiger partial charge >= 0.3 is 0 Å². The minimum absolute atomic E-state index is 0. The van der Waals surface area contributed by atoms with E-state index < -0.39 is 0 Å². The van der Waals surface area contributed by atoms with Crippen LogP contribution in [-0.4, -0.2) is 62.7 Å². The van der Waals surface area contributed by atoms with Gasteiger partial charge in [-0.1, -0.05) is 17.7 Å². The molecule has 1 fully saturated rings. The molecule has 9 heteroatoms. The third kappa shape index (κ3) is 6.97. The summed E-state index contributed by atoms with van der Waals surface area (Å²) in [5.41, 5.74) is 3.45. The van der Waals surface area contributed by atoms with Crippen molar-refractivity contribution in [1.29, 1.82) is 0 Å². The second-order valence-corrected chi connectivity index (χ2v) is 8.46. The van der Waals surface area contributed by atoms with Crippen molar-refractivity contribution in [2.24, 2.45) is 4.99 Å². The molecule has 0 amide bonds. The number of nitrogens with one attached hydrogen (secondary N) is 2. The minimum Gasteiger partial charge on any atom is -0.369 e. The normalized spacial score (nSPS) is 15.2. The first-order valence-corrected chi connectivity index (χ1v) is 10.9. The number of likely N-dealkylation sites (N-methyl/N-ethyl adjacent to an activating group) is 1. The van der Waals surface area contributed by atoms with E-state index in [1.54, 1.807) is 18.4 Å². The molecule has 0 unspecified atom stereocenters. The van der Waals surface area contributed by atoms with Crippen LogP contribution in [-0.2, 0) is 13.0 Å². The number of nitrogens with zero attached hydrogens (tertiary/aromatic N) is 4. The van der Waals surface area contributed by atoms with E-state index in [2.05, 4.69) is 48.9 Å². The highest BCUT2D eigenvalue weighted by molar-refractivity contribution is 14.0. The Morgan fingerprint density at radius 2 is 2.00 bits per heavy atom. The minimum atomic E-state index is 0. The van der Waals surface area contributed by atoms with Crippen molar-refractivity contribution in [2.45, 2.75) is 19.9 Å². The Bertz CT molecular complexity index is 804. The standard InChI is InChI=1S/C20H29ClN6S.HI/c1-15-25-16(14-28-15)7-8-23-20(22-2)24-13-17-18(21)5-4-6-19(17)27-11-9-26(3)10-12-27;/h4-6,14H,7-13H2,1-3H3,(H2,22,23,24);1H. The zero-order valence-electron chi connectivity index (χ0n) is 17.2. The number of thiazole rings is 1. The predicted octanol–water partition coefficient (Wildman–Crippen LogP) is 3.38. The van der Waals surface area contributed by atoms with Gasteiger partial charge in [0, 0.05) is 74.4 Å². The van der Waals surface area contributed by atoms with Gasteiger partial charge in [0.2, 0.25) is 0 Å². The number of guanidine groups is 1. The van der Waals surface area contributed by atoms with Crippen molar-refractivity contribution >= 4 is 58.6 Å². The molecule has 6 nitrogen and oxygen atoms in total. The molecular formula is C20H30ClIN6S. The molecule has 2 heterocycles. The maximum Gasteiger partial charge on any atom is 0.191 e. The van der Waals surface area contributed by atoms with Gasteiger partial charge in [0.05, 0.1) is 10.7 Å². The van der Waals surface area contributed by atoms with Crippen LogP contribution in [0.1, 0.15) is 16.3 Å². The molecule has 1 aromatic carbocycles. The summed E-state index contributed by atoms with van der Waals surface area (Å²) in [6, 6.07) is 6.15. The van der Waals surface area contributed by atoms with Crippen LogP contribution in [0.4, 0.5) is 5.69 Å². The highest BCUT2D eigenvalue weighted by atomic mass is 127. The SMILES string of the molecule is CN=C(NCCc1csc(C)n1)NCc1c(Cl)cccc1N1CCN(C)CC1.I. The van der Waals surface area contributed by atoms with Gasteiger partial charge in [-0.05, 0) is 26.1 Å². The van der Waals surface area contributed by atoms with Crippen LogP contribution < -0.4 is 15.5 Å². The predicted molar refractivity (Wildman–Crippen MR) is 135 cm³/mol. The number of benzene rings is 1. The van der Waals surface area contributed by atoms with Gasteiger partial charge in [-0.2, -0.15) is 0 Å². The highest BCUT2D eigenvalue weighted by Gasteiger charge is 2.18. The molecule has 2 N–H and O–H groups in total. The van der Waals surface area contributed by atoms with E-state index in [9.17, 15) is 0 Å². The molecule has 29 heavy (non-hydrogen) atoms. The Morgan fingerprint density at radius 3 is 2.66 bits per heavy atom. The maximum atomic E-state index is 6.55. The molecule has 2 aromatic rings. The van der Waals surface area contributed by atoms with E-state index in [0.717, 1.165) is 66.4 Å². The fourth-order valence-electron chi connectivity index (χ4n) is 3.29. The Balaban J connectivity index is 0.00000300. The lowest BCUT2D eigenvalue weighted by molar-refractivity contribution is 0.312. The summed E-state index contributed by atoms with van der Waals surface area (Å²) >= 11 is 8.23. The van der Waals surface area contributed by atoms with Crippen LogP contribution in [0.3, 0.4) is 0 Å². The largest absolute Gasteiger partial charge is 0.369 e. The van der Waals surface area contributed by atoms with Crippen molar-refractivity contribution in [2.75, 3.05) is 51.7 Å². The van der Waals surface area contributed by atoms with E-state index in [-0.39, 0.29) is 24.0 Å². The van der Waals surface area contributed by atoms with Gasteiger partial charge in [-0.3, -0.25) is 4.99 Å². The Kier molecular flexibility index (Phi) is 9.94.